The van der Waals surface area contributed by atoms with E-state index in [-0.39, 0.29) is 19.2 Å². The molecule has 0 unspecified atom stereocenters. The van der Waals surface area contributed by atoms with Crippen molar-refractivity contribution in [3.63, 3.8) is 0 Å². The quantitative estimate of drug-likeness (QED) is 0.874. The van der Waals surface area contributed by atoms with Crippen molar-refractivity contribution in [2.75, 3.05) is 33.4 Å². The molecule has 128 valence electrons. The summed E-state index contributed by atoms with van der Waals surface area (Å²) in [7, 11) is 1.47. The summed E-state index contributed by atoms with van der Waals surface area (Å²) in [4.78, 5) is 13.4. The van der Waals surface area contributed by atoms with Gasteiger partial charge in [-0.2, -0.15) is 0 Å². The average Bonchev–Trinajstić information content (AvgIpc) is 2.73. The minimum absolute atomic E-state index is 0.123. The van der Waals surface area contributed by atoms with Crippen molar-refractivity contribution in [2.24, 2.45) is 0 Å². The summed E-state index contributed by atoms with van der Waals surface area (Å²) >= 11 is 0. The molecule has 1 aromatic rings. The monoisotopic (exact) mass is 328 g/mol. The van der Waals surface area contributed by atoms with Crippen LogP contribution in [0.5, 0.6) is 5.75 Å². The first-order chi connectivity index (χ1) is 11.1. The van der Waals surface area contributed by atoms with E-state index in [0.717, 1.165) is 22.6 Å². The number of hydrogen-bond acceptors (Lipinski definition) is 3. The van der Waals surface area contributed by atoms with Crippen molar-refractivity contribution >= 4 is 6.03 Å². The van der Waals surface area contributed by atoms with Gasteiger partial charge in [0.05, 0.1) is 25.8 Å². The van der Waals surface area contributed by atoms with Gasteiger partial charge in [-0.3, -0.25) is 0 Å². The van der Waals surface area contributed by atoms with Crippen LogP contribution >= 0.6 is 0 Å². The minimum atomic E-state index is -2.58. The highest BCUT2D eigenvalue weighted by Gasteiger charge is 2.24. The number of amides is 2. The molecular formula is C16H22F2N2O3. The van der Waals surface area contributed by atoms with Crippen molar-refractivity contribution in [1.82, 2.24) is 10.2 Å². The molecule has 1 aliphatic rings. The fraction of sp³-hybridized carbons (Fsp3) is 0.562. The number of rotatable bonds is 6. The van der Waals surface area contributed by atoms with Gasteiger partial charge >= 0.3 is 6.03 Å². The summed E-state index contributed by atoms with van der Waals surface area (Å²) < 4.78 is 35.9. The number of fused-ring (bicyclic) bond motifs is 1. The Balaban J connectivity index is 2.07. The van der Waals surface area contributed by atoms with Crippen LogP contribution in [-0.4, -0.2) is 50.8 Å². The molecular weight excluding hydrogens is 306 g/mol. The van der Waals surface area contributed by atoms with E-state index in [0.29, 0.717) is 13.0 Å². The number of alkyl halides is 2. The van der Waals surface area contributed by atoms with E-state index in [1.54, 1.807) is 0 Å². The van der Waals surface area contributed by atoms with Crippen LogP contribution in [-0.2, 0) is 4.74 Å². The molecule has 0 fully saturated rings. The third-order valence-electron chi connectivity index (χ3n) is 3.70. The molecule has 0 aliphatic carbocycles. The highest BCUT2D eigenvalue weighted by molar-refractivity contribution is 5.75. The van der Waals surface area contributed by atoms with Gasteiger partial charge < -0.3 is 19.7 Å². The topological polar surface area (TPSA) is 50.8 Å². The number of nitrogens with zero attached hydrogens (tertiary/aromatic N) is 1. The maximum absolute atomic E-state index is 12.7. The lowest BCUT2D eigenvalue weighted by Crippen LogP contribution is -2.45. The average molecular weight is 328 g/mol. The van der Waals surface area contributed by atoms with Gasteiger partial charge in [0.25, 0.3) is 6.43 Å². The molecule has 1 atom stereocenters. The molecule has 5 nitrogen and oxygen atoms in total. The van der Waals surface area contributed by atoms with Gasteiger partial charge in [0, 0.05) is 19.2 Å². The zero-order valence-corrected chi connectivity index (χ0v) is 13.1. The van der Waals surface area contributed by atoms with Crippen LogP contribution < -0.4 is 10.1 Å². The SMILES string of the molecule is COCCN(CC(F)F)C(=O)N[C@H]1CCCOc2ccccc21. The Bertz CT molecular complexity index is 514. The molecule has 7 heteroatoms. The molecule has 0 spiro atoms. The highest BCUT2D eigenvalue weighted by Crippen LogP contribution is 2.31. The van der Waals surface area contributed by atoms with Crippen LogP contribution in [0.2, 0.25) is 0 Å². The third kappa shape index (κ3) is 5.06. The molecule has 23 heavy (non-hydrogen) atoms. The Morgan fingerprint density at radius 3 is 3.00 bits per heavy atom. The van der Waals surface area contributed by atoms with Gasteiger partial charge in [-0.1, -0.05) is 18.2 Å². The summed E-state index contributed by atoms with van der Waals surface area (Å²) in [6.45, 7) is 0.301. The van der Waals surface area contributed by atoms with Crippen molar-refractivity contribution in [2.45, 2.75) is 25.3 Å². The Hall–Kier alpha value is -1.89. The molecule has 1 heterocycles. The number of hydrogen-bond donors (Lipinski definition) is 1. The standard InChI is InChI=1S/C16H22F2N2O3/c1-22-10-8-20(11-15(17)18)16(21)19-13-6-4-9-23-14-7-3-2-5-12(13)14/h2-3,5,7,13,15H,4,6,8-11H2,1H3,(H,19,21)/t13-/m0/s1. The molecule has 1 N–H and O–H groups in total. The Morgan fingerprint density at radius 1 is 1.48 bits per heavy atom. The van der Waals surface area contributed by atoms with Gasteiger partial charge in [-0.05, 0) is 18.9 Å². The second kappa shape index (κ2) is 8.67. The van der Waals surface area contributed by atoms with E-state index in [2.05, 4.69) is 5.32 Å². The molecule has 0 radical (unpaired) electrons. The van der Waals surface area contributed by atoms with Crippen LogP contribution in [0.25, 0.3) is 0 Å². The van der Waals surface area contributed by atoms with Crippen molar-refractivity contribution in [3.8, 4) is 5.75 Å². The van der Waals surface area contributed by atoms with Gasteiger partial charge in [0.15, 0.2) is 0 Å². The van der Waals surface area contributed by atoms with Crippen LogP contribution in [0.4, 0.5) is 13.6 Å². The van der Waals surface area contributed by atoms with E-state index in [4.69, 9.17) is 9.47 Å². The van der Waals surface area contributed by atoms with E-state index in [1.165, 1.54) is 7.11 Å². The van der Waals surface area contributed by atoms with Crippen molar-refractivity contribution in [1.29, 1.82) is 0 Å². The Kier molecular flexibility index (Phi) is 6.58. The van der Waals surface area contributed by atoms with E-state index < -0.39 is 19.0 Å². The van der Waals surface area contributed by atoms with E-state index in [9.17, 15) is 13.6 Å². The van der Waals surface area contributed by atoms with E-state index >= 15 is 0 Å². The van der Waals surface area contributed by atoms with Crippen LogP contribution in [0.3, 0.4) is 0 Å². The fourth-order valence-corrected chi connectivity index (χ4v) is 2.56. The number of methoxy groups -OCH3 is 1. The van der Waals surface area contributed by atoms with Gasteiger partial charge in [-0.15, -0.1) is 0 Å². The molecule has 0 saturated heterocycles. The van der Waals surface area contributed by atoms with Crippen molar-refractivity contribution < 1.29 is 23.0 Å². The largest absolute Gasteiger partial charge is 0.493 e. The van der Waals surface area contributed by atoms with Gasteiger partial charge in [0.2, 0.25) is 0 Å². The van der Waals surface area contributed by atoms with Crippen LogP contribution in [0, 0.1) is 0 Å². The summed E-state index contributed by atoms with van der Waals surface area (Å²) in [5, 5.41) is 2.85. The number of halogens is 2. The van der Waals surface area contributed by atoms with Gasteiger partial charge in [0.1, 0.15) is 5.75 Å². The second-order valence-electron chi connectivity index (χ2n) is 5.36. The predicted octanol–water partition coefficient (Wildman–Crippen LogP) is 2.82. The first-order valence-electron chi connectivity index (χ1n) is 7.66. The van der Waals surface area contributed by atoms with Crippen LogP contribution in [0.1, 0.15) is 24.4 Å². The smallest absolute Gasteiger partial charge is 0.318 e. The maximum atomic E-state index is 12.7. The lowest BCUT2D eigenvalue weighted by molar-refractivity contribution is 0.0825. The first kappa shape index (κ1) is 17.5. The Labute approximate surface area is 134 Å². The van der Waals surface area contributed by atoms with Crippen LogP contribution in [0.15, 0.2) is 24.3 Å². The van der Waals surface area contributed by atoms with Gasteiger partial charge in [-0.25, -0.2) is 13.6 Å². The number of ether oxygens (including phenoxy) is 2. The summed E-state index contributed by atoms with van der Waals surface area (Å²) in [6.07, 6.45) is -1.09. The third-order valence-corrected chi connectivity index (χ3v) is 3.70. The summed E-state index contributed by atoms with van der Waals surface area (Å²) in [6, 6.07) is 6.71. The van der Waals surface area contributed by atoms with Crippen molar-refractivity contribution in [3.05, 3.63) is 29.8 Å². The number of benzene rings is 1. The molecule has 0 saturated carbocycles. The van der Waals surface area contributed by atoms with E-state index in [1.807, 2.05) is 24.3 Å². The second-order valence-corrected chi connectivity index (χ2v) is 5.36. The molecule has 0 bridgehead atoms. The summed E-state index contributed by atoms with van der Waals surface area (Å²) in [5.41, 5.74) is 0.877. The zero-order chi connectivity index (χ0) is 16.7. The Morgan fingerprint density at radius 2 is 2.26 bits per heavy atom. The maximum Gasteiger partial charge on any atom is 0.318 e. The normalized spacial score (nSPS) is 17.1. The number of para-hydroxylation sites is 1. The molecule has 1 aromatic carbocycles. The fourth-order valence-electron chi connectivity index (χ4n) is 2.56. The molecule has 2 amide bonds. The number of carbonyl (C=O) groups excluding carboxylic acids is 1. The highest BCUT2D eigenvalue weighted by atomic mass is 19.3. The predicted molar refractivity (Wildman–Crippen MR) is 81.9 cm³/mol. The number of urea groups is 1. The minimum Gasteiger partial charge on any atom is -0.493 e. The lowest BCUT2D eigenvalue weighted by Gasteiger charge is -2.26. The zero-order valence-electron chi connectivity index (χ0n) is 13.1. The molecule has 0 aromatic heterocycles. The number of nitrogens with one attached hydrogen (secondary N) is 1. The first-order valence-corrected chi connectivity index (χ1v) is 7.66. The number of carbonyl (C=O) groups is 1. The molecule has 1 aliphatic heterocycles. The molecule has 2 rings (SSSR count). The lowest BCUT2D eigenvalue weighted by atomic mass is 10.0. The summed E-state index contributed by atoms with van der Waals surface area (Å²) in [5.74, 6) is 0.729.